The summed E-state index contributed by atoms with van der Waals surface area (Å²) in [6.45, 7) is 13.4. The minimum absolute atomic E-state index is 0. The van der Waals surface area contributed by atoms with Crippen molar-refractivity contribution in [2.24, 2.45) is 0 Å². The third-order valence-corrected chi connectivity index (χ3v) is 7.44. The van der Waals surface area contributed by atoms with Crippen LogP contribution in [0.3, 0.4) is 0 Å². The molecule has 6 aromatic rings. The number of pyridine rings is 1. The van der Waals surface area contributed by atoms with Gasteiger partial charge in [0.2, 0.25) is 5.89 Å². The number of oxazole rings is 1. The summed E-state index contributed by atoms with van der Waals surface area (Å²) in [6, 6.07) is 29.9. The van der Waals surface area contributed by atoms with Gasteiger partial charge >= 0.3 is 0 Å². The maximum absolute atomic E-state index is 10.4. The van der Waals surface area contributed by atoms with Crippen LogP contribution in [-0.4, -0.2) is 15.1 Å². The molecule has 4 nitrogen and oxygen atoms in total. The molecule has 0 aliphatic rings. The van der Waals surface area contributed by atoms with E-state index in [1.165, 1.54) is 11.1 Å². The largest absolute Gasteiger partial charge is 0.507 e. The third-order valence-electron chi connectivity index (χ3n) is 7.44. The molecule has 0 saturated heterocycles. The number of para-hydroxylation sites is 2. The predicted molar refractivity (Wildman–Crippen MR) is 164 cm³/mol. The number of phenols is 1. The van der Waals surface area contributed by atoms with E-state index in [2.05, 4.69) is 84.0 Å². The molecule has 2 heterocycles. The molecule has 0 amide bonds. The van der Waals surface area contributed by atoms with E-state index >= 15 is 0 Å². The Kier molecular flexibility index (Phi) is 7.42. The van der Waals surface area contributed by atoms with Crippen LogP contribution < -0.4 is 0 Å². The summed E-state index contributed by atoms with van der Waals surface area (Å²) in [4.78, 5) is 9.65. The number of rotatable bonds is 3. The summed E-state index contributed by atoms with van der Waals surface area (Å²) in [5.41, 5.74) is 9.20. The monoisotopic (exact) mass is 720 g/mol. The first-order chi connectivity index (χ1) is 19.0. The molecule has 0 spiro atoms. The van der Waals surface area contributed by atoms with E-state index < -0.39 is 0 Å². The number of hydrogen-bond donors (Lipinski definition) is 1. The molecule has 5 heteroatoms. The number of aromatic nitrogens is 2. The molecular weight excluding hydrogens is 687 g/mol. The summed E-state index contributed by atoms with van der Waals surface area (Å²) in [6.07, 6.45) is 1.85. The standard InChI is InChI=1S/C36H33N2O2.Pt/c1-35(2,3)25-19-23(27-13-9-15-31-33(27)38-34(40-31)28-12-7-8-14-30(28)39)17-24(20-25)29-21-26(36(4,5)6)18-22-11-10-16-37-32(22)29;/h7-16,18-21,39H,1-6H3;/q-1;. The fourth-order valence-electron chi connectivity index (χ4n) is 5.06. The fraction of sp³-hybridized carbons (Fsp3) is 0.222. The minimum atomic E-state index is -0.0951. The van der Waals surface area contributed by atoms with Gasteiger partial charge in [-0.05, 0) is 46.0 Å². The van der Waals surface area contributed by atoms with Crippen LogP contribution in [0.5, 0.6) is 5.75 Å². The topological polar surface area (TPSA) is 59.2 Å². The summed E-state index contributed by atoms with van der Waals surface area (Å²) in [7, 11) is 0. The van der Waals surface area contributed by atoms with Gasteiger partial charge in [-0.3, -0.25) is 4.98 Å². The van der Waals surface area contributed by atoms with Crippen molar-refractivity contribution in [3.05, 3.63) is 102 Å². The molecule has 0 unspecified atom stereocenters. The van der Waals surface area contributed by atoms with Crippen LogP contribution in [0, 0.1) is 6.07 Å². The Morgan fingerprint density at radius 3 is 2.05 bits per heavy atom. The molecule has 0 atom stereocenters. The van der Waals surface area contributed by atoms with E-state index in [0.29, 0.717) is 17.0 Å². The Labute approximate surface area is 255 Å². The molecule has 2 aromatic heterocycles. The van der Waals surface area contributed by atoms with Gasteiger partial charge in [0.05, 0.1) is 11.1 Å². The fourth-order valence-corrected chi connectivity index (χ4v) is 5.06. The zero-order chi connectivity index (χ0) is 28.2. The normalized spacial score (nSPS) is 12.0. The maximum Gasteiger partial charge on any atom is 0.230 e. The van der Waals surface area contributed by atoms with Crippen LogP contribution in [-0.2, 0) is 31.9 Å². The van der Waals surface area contributed by atoms with E-state index in [0.717, 1.165) is 38.7 Å². The molecule has 4 aromatic carbocycles. The van der Waals surface area contributed by atoms with Crippen molar-refractivity contribution in [2.45, 2.75) is 52.4 Å². The summed E-state index contributed by atoms with van der Waals surface area (Å²) < 4.78 is 6.13. The van der Waals surface area contributed by atoms with Crippen molar-refractivity contribution in [1.29, 1.82) is 0 Å². The first-order valence-corrected chi connectivity index (χ1v) is 13.6. The SMILES string of the molecule is CC(C)(C)c1cc(-c2cc(C(C)(C)C)cc3cccnc23)[c-]c(-c2cccc3oc(-c4ccccc4O)nc23)c1.[Pt]. The molecule has 41 heavy (non-hydrogen) atoms. The first-order valence-electron chi connectivity index (χ1n) is 13.6. The second-order valence-corrected chi connectivity index (χ2v) is 12.5. The zero-order valence-corrected chi connectivity index (χ0v) is 26.4. The van der Waals surface area contributed by atoms with Gasteiger partial charge < -0.3 is 9.52 Å². The zero-order valence-electron chi connectivity index (χ0n) is 24.1. The van der Waals surface area contributed by atoms with E-state index in [9.17, 15) is 5.11 Å². The van der Waals surface area contributed by atoms with Gasteiger partial charge in [0.15, 0.2) is 0 Å². The van der Waals surface area contributed by atoms with E-state index in [4.69, 9.17) is 14.4 Å². The van der Waals surface area contributed by atoms with E-state index in [1.807, 2.05) is 36.5 Å². The van der Waals surface area contributed by atoms with E-state index in [-0.39, 0.29) is 37.6 Å². The van der Waals surface area contributed by atoms with Crippen LogP contribution >= 0.6 is 0 Å². The number of fused-ring (bicyclic) bond motifs is 2. The third kappa shape index (κ3) is 5.46. The summed E-state index contributed by atoms with van der Waals surface area (Å²) >= 11 is 0. The van der Waals surface area contributed by atoms with Crippen LogP contribution in [0.15, 0.2) is 89.5 Å². The molecule has 210 valence electrons. The van der Waals surface area contributed by atoms with Crippen LogP contribution in [0.2, 0.25) is 0 Å². The molecule has 0 fully saturated rings. The Bertz CT molecular complexity index is 1890. The Morgan fingerprint density at radius 2 is 1.34 bits per heavy atom. The van der Waals surface area contributed by atoms with Crippen molar-refractivity contribution in [3.8, 4) is 39.5 Å². The smallest absolute Gasteiger partial charge is 0.230 e. The van der Waals surface area contributed by atoms with Gasteiger partial charge in [-0.15, -0.1) is 34.9 Å². The quantitative estimate of drug-likeness (QED) is 0.185. The predicted octanol–water partition coefficient (Wildman–Crippen LogP) is 9.48. The van der Waals surface area contributed by atoms with Gasteiger partial charge in [-0.1, -0.05) is 95.1 Å². The average molecular weight is 721 g/mol. The Balaban J connectivity index is 0.00000337. The number of benzene rings is 4. The van der Waals surface area contributed by atoms with Crippen LogP contribution in [0.25, 0.3) is 55.7 Å². The number of phenolic OH excluding ortho intramolecular Hbond substituents is 1. The first kappa shape index (κ1) is 28.8. The van der Waals surface area contributed by atoms with Crippen molar-refractivity contribution in [2.75, 3.05) is 0 Å². The molecule has 0 radical (unpaired) electrons. The molecule has 0 saturated carbocycles. The molecule has 6 rings (SSSR count). The maximum atomic E-state index is 10.4. The summed E-state index contributed by atoms with van der Waals surface area (Å²) in [5.74, 6) is 0.526. The Hall–Kier alpha value is -3.75. The molecule has 0 aliphatic heterocycles. The van der Waals surface area contributed by atoms with Gasteiger partial charge in [0.1, 0.15) is 11.3 Å². The van der Waals surface area contributed by atoms with Gasteiger partial charge in [0, 0.05) is 32.8 Å². The minimum Gasteiger partial charge on any atom is -0.507 e. The second-order valence-electron chi connectivity index (χ2n) is 12.5. The van der Waals surface area contributed by atoms with E-state index in [1.54, 1.807) is 12.1 Å². The molecular formula is C36H33N2O2Pt-. The molecule has 0 bridgehead atoms. The Morgan fingerprint density at radius 1 is 0.683 bits per heavy atom. The van der Waals surface area contributed by atoms with Crippen molar-refractivity contribution < 1.29 is 30.6 Å². The molecule has 1 N–H and O–H groups in total. The summed E-state index contributed by atoms with van der Waals surface area (Å²) in [5, 5.41) is 11.5. The van der Waals surface area contributed by atoms with Gasteiger partial charge in [0.25, 0.3) is 0 Å². The second kappa shape index (κ2) is 10.6. The average Bonchev–Trinajstić information content (AvgIpc) is 3.36. The van der Waals surface area contributed by atoms with Crippen LogP contribution in [0.4, 0.5) is 0 Å². The van der Waals surface area contributed by atoms with Crippen molar-refractivity contribution in [3.63, 3.8) is 0 Å². The number of nitrogens with zero attached hydrogens (tertiary/aromatic N) is 2. The van der Waals surface area contributed by atoms with Crippen molar-refractivity contribution in [1.82, 2.24) is 9.97 Å². The van der Waals surface area contributed by atoms with Gasteiger partial charge in [-0.25, -0.2) is 4.98 Å². The number of aromatic hydroxyl groups is 1. The van der Waals surface area contributed by atoms with Crippen molar-refractivity contribution >= 4 is 22.0 Å². The van der Waals surface area contributed by atoms with Gasteiger partial charge in [-0.2, -0.15) is 0 Å². The molecule has 0 aliphatic carbocycles. The number of hydrogen-bond acceptors (Lipinski definition) is 4. The van der Waals surface area contributed by atoms with Crippen LogP contribution in [0.1, 0.15) is 52.7 Å².